The Kier molecular flexibility index (Phi) is 4.79. The minimum Gasteiger partial charge on any atom is -0.493 e. The summed E-state index contributed by atoms with van der Waals surface area (Å²) >= 11 is 0. The number of hydrogen-bond acceptors (Lipinski definition) is 3. The normalized spacial score (nSPS) is 22.7. The Bertz CT molecular complexity index is 474. The maximum absolute atomic E-state index is 5.82. The SMILES string of the molecule is CC1CN=C(CCOc2ccc(C3CCCCC3)cc2)N1. The molecule has 0 aromatic heterocycles. The van der Waals surface area contributed by atoms with Crippen molar-refractivity contribution >= 4 is 5.84 Å². The van der Waals surface area contributed by atoms with Crippen LogP contribution in [-0.4, -0.2) is 25.0 Å². The molecule has 1 unspecified atom stereocenters. The van der Waals surface area contributed by atoms with Gasteiger partial charge in [-0.05, 0) is 43.4 Å². The second-order valence-electron chi connectivity index (χ2n) is 6.34. The van der Waals surface area contributed by atoms with Gasteiger partial charge in [0.05, 0.1) is 13.2 Å². The maximum Gasteiger partial charge on any atom is 0.119 e. The average Bonchev–Trinajstić information content (AvgIpc) is 2.94. The van der Waals surface area contributed by atoms with E-state index in [0.717, 1.165) is 30.5 Å². The molecule has 0 bridgehead atoms. The fourth-order valence-electron chi connectivity index (χ4n) is 3.31. The third kappa shape index (κ3) is 3.99. The lowest BCUT2D eigenvalue weighted by Crippen LogP contribution is -2.28. The van der Waals surface area contributed by atoms with Crippen LogP contribution in [0.1, 0.15) is 56.9 Å². The van der Waals surface area contributed by atoms with Crippen molar-refractivity contribution in [1.82, 2.24) is 5.32 Å². The first-order valence-electron chi connectivity index (χ1n) is 8.34. The molecule has 0 amide bonds. The molecule has 1 aromatic carbocycles. The third-order valence-corrected chi connectivity index (χ3v) is 4.53. The number of nitrogens with zero attached hydrogens (tertiary/aromatic N) is 1. The van der Waals surface area contributed by atoms with Gasteiger partial charge in [0.25, 0.3) is 0 Å². The van der Waals surface area contributed by atoms with Gasteiger partial charge in [0.2, 0.25) is 0 Å². The van der Waals surface area contributed by atoms with E-state index in [1.807, 2.05) is 0 Å². The first-order chi connectivity index (χ1) is 10.3. The van der Waals surface area contributed by atoms with Crippen LogP contribution >= 0.6 is 0 Å². The van der Waals surface area contributed by atoms with Gasteiger partial charge < -0.3 is 10.1 Å². The Morgan fingerprint density at radius 1 is 1.14 bits per heavy atom. The van der Waals surface area contributed by atoms with Crippen LogP contribution < -0.4 is 10.1 Å². The largest absolute Gasteiger partial charge is 0.493 e. The molecule has 1 atom stereocenters. The molecule has 1 saturated carbocycles. The maximum atomic E-state index is 5.82. The molecule has 2 aliphatic rings. The Morgan fingerprint density at radius 3 is 2.57 bits per heavy atom. The molecule has 114 valence electrons. The molecule has 3 nitrogen and oxygen atoms in total. The molecule has 3 heteroatoms. The van der Waals surface area contributed by atoms with Crippen LogP contribution in [0.15, 0.2) is 29.3 Å². The van der Waals surface area contributed by atoms with Crippen molar-refractivity contribution < 1.29 is 4.74 Å². The molecule has 1 aromatic rings. The van der Waals surface area contributed by atoms with Crippen molar-refractivity contribution in [1.29, 1.82) is 0 Å². The number of ether oxygens (including phenoxy) is 1. The zero-order chi connectivity index (χ0) is 14.5. The molecule has 0 radical (unpaired) electrons. The molecule has 3 rings (SSSR count). The van der Waals surface area contributed by atoms with Crippen molar-refractivity contribution in [3.63, 3.8) is 0 Å². The predicted octanol–water partition coefficient (Wildman–Crippen LogP) is 3.89. The van der Waals surface area contributed by atoms with Gasteiger partial charge in [0.15, 0.2) is 0 Å². The number of nitrogens with one attached hydrogen (secondary N) is 1. The second kappa shape index (κ2) is 6.97. The van der Waals surface area contributed by atoms with Crippen molar-refractivity contribution in [2.75, 3.05) is 13.2 Å². The molecule has 1 N–H and O–H groups in total. The Morgan fingerprint density at radius 2 is 1.90 bits per heavy atom. The summed E-state index contributed by atoms with van der Waals surface area (Å²) in [5.74, 6) is 2.83. The highest BCUT2D eigenvalue weighted by molar-refractivity contribution is 5.84. The summed E-state index contributed by atoms with van der Waals surface area (Å²) in [7, 11) is 0. The monoisotopic (exact) mass is 286 g/mol. The molecular formula is C18H26N2O. The molecule has 0 spiro atoms. The van der Waals surface area contributed by atoms with E-state index >= 15 is 0 Å². The zero-order valence-corrected chi connectivity index (χ0v) is 13.0. The summed E-state index contributed by atoms with van der Waals surface area (Å²) < 4.78 is 5.82. The number of hydrogen-bond donors (Lipinski definition) is 1. The number of rotatable bonds is 5. The standard InChI is InChI=1S/C18H26N2O/c1-14-13-19-18(20-14)11-12-21-17-9-7-16(8-10-17)15-5-3-2-4-6-15/h7-10,14-15H,2-6,11-13H2,1H3,(H,19,20). The summed E-state index contributed by atoms with van der Waals surface area (Å²) in [5, 5.41) is 3.36. The predicted molar refractivity (Wildman–Crippen MR) is 87.3 cm³/mol. The first kappa shape index (κ1) is 14.4. The van der Waals surface area contributed by atoms with Crippen molar-refractivity contribution in [2.45, 2.75) is 57.4 Å². The van der Waals surface area contributed by atoms with E-state index in [1.54, 1.807) is 0 Å². The van der Waals surface area contributed by atoms with E-state index < -0.39 is 0 Å². The minimum absolute atomic E-state index is 0.481. The van der Waals surface area contributed by atoms with Gasteiger partial charge in [-0.1, -0.05) is 31.4 Å². The molecule has 21 heavy (non-hydrogen) atoms. The molecular weight excluding hydrogens is 260 g/mol. The summed E-state index contributed by atoms with van der Waals surface area (Å²) in [6.07, 6.45) is 7.75. The number of benzene rings is 1. The smallest absolute Gasteiger partial charge is 0.119 e. The second-order valence-corrected chi connectivity index (χ2v) is 6.34. The van der Waals surface area contributed by atoms with Crippen LogP contribution in [0.2, 0.25) is 0 Å². The first-order valence-corrected chi connectivity index (χ1v) is 8.34. The van der Waals surface area contributed by atoms with E-state index in [4.69, 9.17) is 4.74 Å². The highest BCUT2D eigenvalue weighted by Gasteiger charge is 2.15. The van der Waals surface area contributed by atoms with Gasteiger partial charge in [-0.15, -0.1) is 0 Å². The Labute approximate surface area is 127 Å². The summed E-state index contributed by atoms with van der Waals surface area (Å²) in [6.45, 7) is 3.74. The van der Waals surface area contributed by atoms with E-state index in [-0.39, 0.29) is 0 Å². The van der Waals surface area contributed by atoms with Crippen LogP contribution in [0.5, 0.6) is 5.75 Å². The molecule has 1 heterocycles. The minimum atomic E-state index is 0.481. The number of aliphatic imine (C=N–C) groups is 1. The summed E-state index contributed by atoms with van der Waals surface area (Å²) in [6, 6.07) is 9.22. The average molecular weight is 286 g/mol. The zero-order valence-electron chi connectivity index (χ0n) is 13.0. The van der Waals surface area contributed by atoms with Crippen LogP contribution in [0.4, 0.5) is 0 Å². The van der Waals surface area contributed by atoms with Crippen LogP contribution in [0, 0.1) is 0 Å². The van der Waals surface area contributed by atoms with E-state index in [0.29, 0.717) is 12.6 Å². The van der Waals surface area contributed by atoms with E-state index in [2.05, 4.69) is 41.5 Å². The van der Waals surface area contributed by atoms with Crippen LogP contribution in [-0.2, 0) is 0 Å². The summed E-state index contributed by atoms with van der Waals surface area (Å²) in [4.78, 5) is 4.45. The quantitative estimate of drug-likeness (QED) is 0.891. The van der Waals surface area contributed by atoms with Crippen LogP contribution in [0.3, 0.4) is 0 Å². The van der Waals surface area contributed by atoms with Crippen molar-refractivity contribution in [2.24, 2.45) is 4.99 Å². The highest BCUT2D eigenvalue weighted by atomic mass is 16.5. The lowest BCUT2D eigenvalue weighted by Gasteiger charge is -2.22. The molecule has 1 fully saturated rings. The third-order valence-electron chi connectivity index (χ3n) is 4.53. The summed E-state index contributed by atoms with van der Waals surface area (Å²) in [5.41, 5.74) is 1.48. The van der Waals surface area contributed by atoms with Gasteiger partial charge in [-0.3, -0.25) is 4.99 Å². The van der Waals surface area contributed by atoms with E-state index in [9.17, 15) is 0 Å². The van der Waals surface area contributed by atoms with Crippen molar-refractivity contribution in [3.8, 4) is 5.75 Å². The lowest BCUT2D eigenvalue weighted by atomic mass is 9.84. The number of amidine groups is 1. The van der Waals surface area contributed by atoms with Crippen molar-refractivity contribution in [3.05, 3.63) is 29.8 Å². The van der Waals surface area contributed by atoms with Gasteiger partial charge >= 0.3 is 0 Å². The lowest BCUT2D eigenvalue weighted by molar-refractivity contribution is 0.328. The molecule has 0 saturated heterocycles. The topological polar surface area (TPSA) is 33.6 Å². The fraction of sp³-hybridized carbons (Fsp3) is 0.611. The van der Waals surface area contributed by atoms with Gasteiger partial charge in [-0.25, -0.2) is 0 Å². The van der Waals surface area contributed by atoms with E-state index in [1.165, 1.54) is 37.7 Å². The highest BCUT2D eigenvalue weighted by Crippen LogP contribution is 2.33. The van der Waals surface area contributed by atoms with Gasteiger partial charge in [0.1, 0.15) is 11.6 Å². The fourth-order valence-corrected chi connectivity index (χ4v) is 3.31. The van der Waals surface area contributed by atoms with Gasteiger partial charge in [0, 0.05) is 12.5 Å². The van der Waals surface area contributed by atoms with Crippen LogP contribution in [0.25, 0.3) is 0 Å². The Hall–Kier alpha value is -1.51. The van der Waals surface area contributed by atoms with Gasteiger partial charge in [-0.2, -0.15) is 0 Å². The molecule has 1 aliphatic heterocycles. The Balaban J connectivity index is 1.46. The molecule has 1 aliphatic carbocycles.